The fraction of sp³-hybridized carbons (Fsp3) is 0.615. The number of piperazine rings is 1. The first-order valence-electron chi connectivity index (χ1n) is 6.46. The molecule has 1 atom stereocenters. The summed E-state index contributed by atoms with van der Waals surface area (Å²) in [4.78, 5) is 8.88. The Hall–Kier alpha value is -1.17. The van der Waals surface area contributed by atoms with Crippen molar-refractivity contribution in [2.75, 3.05) is 38.5 Å². The first-order chi connectivity index (χ1) is 8.69. The molecular weight excluding hydrogens is 228 g/mol. The molecule has 0 spiro atoms. The number of hydrogen-bond acceptors (Lipinski definition) is 5. The van der Waals surface area contributed by atoms with Crippen LogP contribution in [0.25, 0.3) is 0 Å². The maximum atomic E-state index is 8.96. The van der Waals surface area contributed by atoms with Gasteiger partial charge in [0.05, 0.1) is 6.61 Å². The van der Waals surface area contributed by atoms with Crippen LogP contribution in [0, 0.1) is 0 Å². The minimum atomic E-state index is 0.245. The minimum absolute atomic E-state index is 0.245. The Morgan fingerprint density at radius 1 is 1.44 bits per heavy atom. The lowest BCUT2D eigenvalue weighted by Gasteiger charge is -2.39. The summed E-state index contributed by atoms with van der Waals surface area (Å²) < 4.78 is 0. The van der Waals surface area contributed by atoms with E-state index < -0.39 is 0 Å². The molecule has 5 heteroatoms. The van der Waals surface area contributed by atoms with Gasteiger partial charge < -0.3 is 10.8 Å². The normalized spacial score (nSPS) is 22.2. The van der Waals surface area contributed by atoms with Crippen molar-refractivity contribution in [2.45, 2.75) is 19.5 Å². The molecule has 0 radical (unpaired) electrons. The van der Waals surface area contributed by atoms with Crippen LogP contribution in [0.15, 0.2) is 18.3 Å². The lowest BCUT2D eigenvalue weighted by atomic mass is 10.1. The number of nitrogen functional groups attached to an aromatic ring is 1. The standard InChI is InChI=1S/C13H22N4O/c1-11-9-16(6-7-18)4-5-17(11)10-12-2-3-13(14)15-8-12/h2-3,8,11,18H,4-7,9-10H2,1H3,(H2,14,15). The Balaban J connectivity index is 1.89. The van der Waals surface area contributed by atoms with Crippen LogP contribution in [-0.2, 0) is 6.54 Å². The van der Waals surface area contributed by atoms with Crippen LogP contribution in [0.3, 0.4) is 0 Å². The Morgan fingerprint density at radius 3 is 2.89 bits per heavy atom. The summed E-state index contributed by atoms with van der Waals surface area (Å²) in [7, 11) is 0. The number of nitrogens with zero attached hydrogens (tertiary/aromatic N) is 3. The smallest absolute Gasteiger partial charge is 0.123 e. The second-order valence-corrected chi connectivity index (χ2v) is 4.94. The predicted molar refractivity (Wildman–Crippen MR) is 72.0 cm³/mol. The van der Waals surface area contributed by atoms with Gasteiger partial charge in [0.1, 0.15) is 5.82 Å². The molecule has 100 valence electrons. The summed E-state index contributed by atoms with van der Waals surface area (Å²) in [5.41, 5.74) is 6.78. The highest BCUT2D eigenvalue weighted by Gasteiger charge is 2.23. The molecule has 0 aliphatic carbocycles. The summed E-state index contributed by atoms with van der Waals surface area (Å²) in [5.74, 6) is 0.569. The quantitative estimate of drug-likeness (QED) is 0.797. The van der Waals surface area contributed by atoms with Crippen molar-refractivity contribution in [3.8, 4) is 0 Å². The van der Waals surface area contributed by atoms with E-state index in [2.05, 4.69) is 21.7 Å². The average molecular weight is 250 g/mol. The van der Waals surface area contributed by atoms with Crippen molar-refractivity contribution < 1.29 is 5.11 Å². The number of hydrogen-bond donors (Lipinski definition) is 2. The molecule has 1 aliphatic rings. The lowest BCUT2D eigenvalue weighted by Crippen LogP contribution is -2.51. The van der Waals surface area contributed by atoms with E-state index in [9.17, 15) is 0 Å². The van der Waals surface area contributed by atoms with Crippen LogP contribution < -0.4 is 5.73 Å². The molecular formula is C13H22N4O. The van der Waals surface area contributed by atoms with Crippen LogP contribution in [0.5, 0.6) is 0 Å². The molecule has 18 heavy (non-hydrogen) atoms. The monoisotopic (exact) mass is 250 g/mol. The van der Waals surface area contributed by atoms with E-state index >= 15 is 0 Å². The van der Waals surface area contributed by atoms with Gasteiger partial charge in [0.2, 0.25) is 0 Å². The molecule has 1 aromatic rings. The van der Waals surface area contributed by atoms with E-state index in [1.54, 1.807) is 0 Å². The maximum Gasteiger partial charge on any atom is 0.123 e. The summed E-state index contributed by atoms with van der Waals surface area (Å²) >= 11 is 0. The zero-order chi connectivity index (χ0) is 13.0. The molecule has 2 rings (SSSR count). The van der Waals surface area contributed by atoms with Crippen molar-refractivity contribution in [2.24, 2.45) is 0 Å². The average Bonchev–Trinajstić information content (AvgIpc) is 2.36. The van der Waals surface area contributed by atoms with E-state index in [4.69, 9.17) is 10.8 Å². The first kappa shape index (κ1) is 13.3. The molecule has 0 bridgehead atoms. The van der Waals surface area contributed by atoms with Gasteiger partial charge in [0, 0.05) is 45.0 Å². The van der Waals surface area contributed by atoms with E-state index in [-0.39, 0.29) is 6.61 Å². The molecule has 1 aromatic heterocycles. The van der Waals surface area contributed by atoms with Crippen molar-refractivity contribution >= 4 is 5.82 Å². The lowest BCUT2D eigenvalue weighted by molar-refractivity contribution is 0.0664. The van der Waals surface area contributed by atoms with Crippen LogP contribution >= 0.6 is 0 Å². The Bertz CT molecular complexity index is 368. The fourth-order valence-electron chi connectivity index (χ4n) is 2.41. The number of nitrogens with two attached hydrogens (primary N) is 1. The first-order valence-corrected chi connectivity index (χ1v) is 6.46. The van der Waals surface area contributed by atoms with Gasteiger partial charge in [-0.25, -0.2) is 4.98 Å². The van der Waals surface area contributed by atoms with E-state index in [0.29, 0.717) is 11.9 Å². The Kier molecular flexibility index (Phi) is 4.52. The zero-order valence-corrected chi connectivity index (χ0v) is 10.9. The van der Waals surface area contributed by atoms with E-state index in [1.807, 2.05) is 18.3 Å². The number of aliphatic hydroxyl groups is 1. The van der Waals surface area contributed by atoms with Crippen LogP contribution in [0.4, 0.5) is 5.82 Å². The molecule has 1 unspecified atom stereocenters. The van der Waals surface area contributed by atoms with Gasteiger partial charge >= 0.3 is 0 Å². The topological polar surface area (TPSA) is 65.6 Å². The molecule has 0 amide bonds. The summed E-state index contributed by atoms with van der Waals surface area (Å²) in [6.07, 6.45) is 1.85. The minimum Gasteiger partial charge on any atom is -0.395 e. The molecule has 0 aromatic carbocycles. The Morgan fingerprint density at radius 2 is 2.28 bits per heavy atom. The highest BCUT2D eigenvalue weighted by molar-refractivity contribution is 5.29. The maximum absolute atomic E-state index is 8.96. The second-order valence-electron chi connectivity index (χ2n) is 4.94. The SMILES string of the molecule is CC1CN(CCO)CCN1Cc1ccc(N)nc1. The van der Waals surface area contributed by atoms with Crippen LogP contribution in [-0.4, -0.2) is 58.7 Å². The third kappa shape index (κ3) is 3.41. The number of β-amino-alcohol motifs (C(OH)–C–C–N with tert-alkyl or cyclic N) is 1. The third-order valence-corrected chi connectivity index (χ3v) is 3.50. The molecule has 1 fully saturated rings. The predicted octanol–water partition coefficient (Wildman–Crippen LogP) is 0.162. The number of anilines is 1. The molecule has 5 nitrogen and oxygen atoms in total. The molecule has 1 aliphatic heterocycles. The van der Waals surface area contributed by atoms with Crippen molar-refractivity contribution in [3.63, 3.8) is 0 Å². The molecule has 0 saturated carbocycles. The zero-order valence-electron chi connectivity index (χ0n) is 10.9. The van der Waals surface area contributed by atoms with E-state index in [0.717, 1.165) is 32.7 Å². The van der Waals surface area contributed by atoms with Gasteiger partial charge in [0.15, 0.2) is 0 Å². The van der Waals surface area contributed by atoms with Gasteiger partial charge in [-0.3, -0.25) is 9.80 Å². The van der Waals surface area contributed by atoms with Crippen LogP contribution in [0.1, 0.15) is 12.5 Å². The highest BCUT2D eigenvalue weighted by Crippen LogP contribution is 2.13. The molecule has 1 saturated heterocycles. The van der Waals surface area contributed by atoms with Gasteiger partial charge in [0.25, 0.3) is 0 Å². The number of rotatable bonds is 4. The largest absolute Gasteiger partial charge is 0.395 e. The summed E-state index contributed by atoms with van der Waals surface area (Å²) in [6.45, 7) is 7.24. The summed E-state index contributed by atoms with van der Waals surface area (Å²) in [6, 6.07) is 4.39. The van der Waals surface area contributed by atoms with Gasteiger partial charge in [-0.2, -0.15) is 0 Å². The van der Waals surface area contributed by atoms with Crippen molar-refractivity contribution in [1.29, 1.82) is 0 Å². The molecule has 3 N–H and O–H groups in total. The number of pyridine rings is 1. The van der Waals surface area contributed by atoms with Gasteiger partial charge in [-0.1, -0.05) is 6.07 Å². The van der Waals surface area contributed by atoms with Gasteiger partial charge in [-0.05, 0) is 18.6 Å². The van der Waals surface area contributed by atoms with Crippen molar-refractivity contribution in [1.82, 2.24) is 14.8 Å². The summed E-state index contributed by atoms with van der Waals surface area (Å²) in [5, 5.41) is 8.96. The Labute approximate surface area is 108 Å². The molecule has 2 heterocycles. The number of aliphatic hydroxyl groups excluding tert-OH is 1. The van der Waals surface area contributed by atoms with Crippen molar-refractivity contribution in [3.05, 3.63) is 23.9 Å². The second kappa shape index (κ2) is 6.13. The van der Waals surface area contributed by atoms with Crippen LogP contribution in [0.2, 0.25) is 0 Å². The van der Waals surface area contributed by atoms with E-state index in [1.165, 1.54) is 5.56 Å². The highest BCUT2D eigenvalue weighted by atomic mass is 16.3. The fourth-order valence-corrected chi connectivity index (χ4v) is 2.41. The number of aromatic nitrogens is 1. The third-order valence-electron chi connectivity index (χ3n) is 3.50. The van der Waals surface area contributed by atoms with Gasteiger partial charge in [-0.15, -0.1) is 0 Å².